The van der Waals surface area contributed by atoms with Gasteiger partial charge in [0, 0.05) is 6.04 Å². The molecule has 1 aliphatic rings. The van der Waals surface area contributed by atoms with Crippen LogP contribution in [-0.4, -0.2) is 12.6 Å². The van der Waals surface area contributed by atoms with Crippen LogP contribution < -0.4 is 5.32 Å². The van der Waals surface area contributed by atoms with Gasteiger partial charge in [0.15, 0.2) is 0 Å². The molecule has 0 bridgehead atoms. The van der Waals surface area contributed by atoms with Gasteiger partial charge in [-0.2, -0.15) is 0 Å². The van der Waals surface area contributed by atoms with E-state index in [0.717, 1.165) is 18.5 Å². The Morgan fingerprint density at radius 3 is 2.59 bits per heavy atom. The molecule has 1 N–H and O–H groups in total. The molecule has 1 saturated carbocycles. The second-order valence-electron chi connectivity index (χ2n) is 5.31. The zero-order chi connectivity index (χ0) is 11.9. The fourth-order valence-electron chi connectivity index (χ4n) is 2.71. The highest BCUT2D eigenvalue weighted by atomic mass is 14.9. The second-order valence-corrected chi connectivity index (χ2v) is 5.31. The van der Waals surface area contributed by atoms with Crippen molar-refractivity contribution >= 4 is 0 Å². The van der Waals surface area contributed by atoms with E-state index in [2.05, 4.69) is 42.6 Å². The van der Waals surface area contributed by atoms with Gasteiger partial charge >= 0.3 is 0 Å². The first-order valence-electron chi connectivity index (χ1n) is 7.15. The van der Waals surface area contributed by atoms with Gasteiger partial charge in [-0.1, -0.05) is 56.5 Å². The molecule has 0 spiro atoms. The van der Waals surface area contributed by atoms with Crippen LogP contribution in [-0.2, 0) is 6.42 Å². The number of aryl methyl sites for hydroxylation is 1. The standard InChI is InChI=1S/C16H25N/c1-2-17-16(13-15-9-6-10-15)12-11-14-7-4-3-5-8-14/h3-5,7-8,15-17H,2,6,9-13H2,1H3. The minimum atomic E-state index is 0.727. The number of hydrogen-bond acceptors (Lipinski definition) is 1. The lowest BCUT2D eigenvalue weighted by molar-refractivity contribution is 0.255. The maximum atomic E-state index is 3.65. The Labute approximate surface area is 106 Å². The maximum absolute atomic E-state index is 3.65. The molecule has 0 saturated heterocycles. The van der Waals surface area contributed by atoms with Crippen LogP contribution in [0.25, 0.3) is 0 Å². The molecule has 1 unspecified atom stereocenters. The molecule has 1 atom stereocenters. The van der Waals surface area contributed by atoms with Gasteiger partial charge in [-0.25, -0.2) is 0 Å². The molecule has 1 fully saturated rings. The first-order chi connectivity index (χ1) is 8.38. The Morgan fingerprint density at radius 1 is 1.24 bits per heavy atom. The zero-order valence-corrected chi connectivity index (χ0v) is 11.0. The van der Waals surface area contributed by atoms with E-state index in [0.29, 0.717) is 0 Å². The molecule has 1 aromatic carbocycles. The molecule has 1 heteroatoms. The molecule has 1 nitrogen and oxygen atoms in total. The Bertz CT molecular complexity index is 303. The van der Waals surface area contributed by atoms with Crippen molar-refractivity contribution in [2.45, 2.75) is 51.5 Å². The van der Waals surface area contributed by atoms with Gasteiger partial charge in [-0.05, 0) is 37.3 Å². The van der Waals surface area contributed by atoms with Gasteiger partial charge < -0.3 is 5.32 Å². The summed E-state index contributed by atoms with van der Waals surface area (Å²) in [5.74, 6) is 1.01. The molecule has 17 heavy (non-hydrogen) atoms. The molecule has 1 aromatic rings. The topological polar surface area (TPSA) is 12.0 Å². The van der Waals surface area contributed by atoms with Crippen LogP contribution in [0.2, 0.25) is 0 Å². The van der Waals surface area contributed by atoms with Crippen molar-refractivity contribution in [2.24, 2.45) is 5.92 Å². The Kier molecular flexibility index (Phi) is 5.06. The van der Waals surface area contributed by atoms with Crippen molar-refractivity contribution < 1.29 is 0 Å². The number of nitrogens with one attached hydrogen (secondary N) is 1. The quantitative estimate of drug-likeness (QED) is 0.753. The third-order valence-corrected chi connectivity index (χ3v) is 3.96. The van der Waals surface area contributed by atoms with Crippen LogP contribution in [0.3, 0.4) is 0 Å². The fraction of sp³-hybridized carbons (Fsp3) is 0.625. The highest BCUT2D eigenvalue weighted by Crippen LogP contribution is 2.31. The van der Waals surface area contributed by atoms with Gasteiger partial charge in [-0.3, -0.25) is 0 Å². The Hall–Kier alpha value is -0.820. The van der Waals surface area contributed by atoms with Crippen molar-refractivity contribution in [1.82, 2.24) is 5.32 Å². The smallest absolute Gasteiger partial charge is 0.00727 e. The lowest BCUT2D eigenvalue weighted by Crippen LogP contribution is -2.33. The summed E-state index contributed by atoms with van der Waals surface area (Å²) >= 11 is 0. The average Bonchev–Trinajstić information content (AvgIpc) is 2.32. The first-order valence-corrected chi connectivity index (χ1v) is 7.15. The second kappa shape index (κ2) is 6.80. The largest absolute Gasteiger partial charge is 0.314 e. The minimum absolute atomic E-state index is 0.727. The highest BCUT2D eigenvalue weighted by Gasteiger charge is 2.21. The molecule has 0 aromatic heterocycles. The first kappa shape index (κ1) is 12.6. The predicted octanol–water partition coefficient (Wildman–Crippen LogP) is 3.79. The highest BCUT2D eigenvalue weighted by molar-refractivity contribution is 5.14. The summed E-state index contributed by atoms with van der Waals surface area (Å²) in [5.41, 5.74) is 1.48. The van der Waals surface area contributed by atoms with Crippen molar-refractivity contribution in [3.63, 3.8) is 0 Å². The summed E-state index contributed by atoms with van der Waals surface area (Å²) in [4.78, 5) is 0. The molecule has 1 aliphatic carbocycles. The van der Waals surface area contributed by atoms with Crippen LogP contribution in [0, 0.1) is 5.92 Å². The number of hydrogen-bond donors (Lipinski definition) is 1. The molecule has 0 aliphatic heterocycles. The van der Waals surface area contributed by atoms with Crippen LogP contribution in [0.4, 0.5) is 0 Å². The third-order valence-electron chi connectivity index (χ3n) is 3.96. The Balaban J connectivity index is 1.76. The zero-order valence-electron chi connectivity index (χ0n) is 11.0. The lowest BCUT2D eigenvalue weighted by atomic mass is 9.80. The van der Waals surface area contributed by atoms with Crippen LogP contribution in [0.5, 0.6) is 0 Å². The van der Waals surface area contributed by atoms with Crippen molar-refractivity contribution in [2.75, 3.05) is 6.54 Å². The summed E-state index contributed by atoms with van der Waals surface area (Å²) in [7, 11) is 0. The third kappa shape index (κ3) is 4.16. The minimum Gasteiger partial charge on any atom is -0.314 e. The van der Waals surface area contributed by atoms with E-state index in [9.17, 15) is 0 Å². The predicted molar refractivity (Wildman–Crippen MR) is 74.2 cm³/mol. The van der Waals surface area contributed by atoms with Crippen molar-refractivity contribution in [3.8, 4) is 0 Å². The normalized spacial score (nSPS) is 17.7. The Morgan fingerprint density at radius 2 is 2.00 bits per heavy atom. The average molecular weight is 231 g/mol. The summed E-state index contributed by atoms with van der Waals surface area (Å²) in [6.45, 7) is 3.32. The number of rotatable bonds is 7. The van der Waals surface area contributed by atoms with Crippen molar-refractivity contribution in [3.05, 3.63) is 35.9 Å². The fourth-order valence-corrected chi connectivity index (χ4v) is 2.71. The molecular weight excluding hydrogens is 206 g/mol. The van der Waals surface area contributed by atoms with Gasteiger partial charge in [0.2, 0.25) is 0 Å². The summed E-state index contributed by atoms with van der Waals surface area (Å²) < 4.78 is 0. The molecular formula is C16H25N. The number of benzene rings is 1. The van der Waals surface area contributed by atoms with E-state index >= 15 is 0 Å². The molecule has 2 rings (SSSR count). The summed E-state index contributed by atoms with van der Waals surface area (Å²) in [6, 6.07) is 11.6. The van der Waals surface area contributed by atoms with Crippen LogP contribution in [0.15, 0.2) is 30.3 Å². The van der Waals surface area contributed by atoms with Crippen LogP contribution in [0.1, 0.15) is 44.6 Å². The van der Waals surface area contributed by atoms with E-state index in [-0.39, 0.29) is 0 Å². The van der Waals surface area contributed by atoms with Gasteiger partial charge in [0.25, 0.3) is 0 Å². The lowest BCUT2D eigenvalue weighted by Gasteiger charge is -2.30. The monoisotopic (exact) mass is 231 g/mol. The molecule has 94 valence electrons. The van der Waals surface area contributed by atoms with E-state index in [4.69, 9.17) is 0 Å². The van der Waals surface area contributed by atoms with Crippen molar-refractivity contribution in [1.29, 1.82) is 0 Å². The molecule has 0 amide bonds. The molecule has 0 heterocycles. The molecule has 0 radical (unpaired) electrons. The van der Waals surface area contributed by atoms with E-state index < -0.39 is 0 Å². The summed E-state index contributed by atoms with van der Waals surface area (Å²) in [5, 5.41) is 3.65. The van der Waals surface area contributed by atoms with Gasteiger partial charge in [-0.15, -0.1) is 0 Å². The van der Waals surface area contributed by atoms with Crippen LogP contribution >= 0.6 is 0 Å². The van der Waals surface area contributed by atoms with E-state index in [1.807, 2.05) is 0 Å². The maximum Gasteiger partial charge on any atom is 0.00727 e. The van der Waals surface area contributed by atoms with Gasteiger partial charge in [0.05, 0.1) is 0 Å². The van der Waals surface area contributed by atoms with E-state index in [1.54, 1.807) is 0 Å². The summed E-state index contributed by atoms with van der Waals surface area (Å²) in [6.07, 6.45) is 8.28. The van der Waals surface area contributed by atoms with Gasteiger partial charge in [0.1, 0.15) is 0 Å². The van der Waals surface area contributed by atoms with E-state index in [1.165, 1.54) is 44.1 Å². The SMILES string of the molecule is CCNC(CCc1ccccc1)CC1CCC1.